The van der Waals surface area contributed by atoms with Gasteiger partial charge in [0.2, 0.25) is 5.91 Å². The van der Waals surface area contributed by atoms with Gasteiger partial charge in [0.1, 0.15) is 17.6 Å². The SMILES string of the molecule is CCc1nn2c(c1-c1ccc(OC)cc1)NC(=O)C2CC(=O)Nc1cc([N+](=O)[O-])ccc1C. The van der Waals surface area contributed by atoms with Crippen molar-refractivity contribution < 1.29 is 19.2 Å². The molecule has 1 aliphatic heterocycles. The summed E-state index contributed by atoms with van der Waals surface area (Å²) in [6.45, 7) is 3.71. The molecule has 2 heterocycles. The van der Waals surface area contributed by atoms with Crippen LogP contribution in [0.2, 0.25) is 0 Å². The number of aromatic nitrogens is 2. The molecule has 0 fully saturated rings. The highest BCUT2D eigenvalue weighted by atomic mass is 16.6. The lowest BCUT2D eigenvalue weighted by atomic mass is 10.0. The van der Waals surface area contributed by atoms with Crippen molar-refractivity contribution in [1.29, 1.82) is 0 Å². The third kappa shape index (κ3) is 4.14. The number of hydrogen-bond donors (Lipinski definition) is 2. The van der Waals surface area contributed by atoms with Crippen molar-refractivity contribution in [3.8, 4) is 16.9 Å². The molecule has 10 nitrogen and oxygen atoms in total. The molecule has 3 aromatic rings. The number of non-ortho nitro benzene ring substituents is 1. The van der Waals surface area contributed by atoms with Gasteiger partial charge in [0, 0.05) is 17.7 Å². The highest BCUT2D eigenvalue weighted by Crippen LogP contribution is 2.39. The summed E-state index contributed by atoms with van der Waals surface area (Å²) in [7, 11) is 1.59. The van der Waals surface area contributed by atoms with Crippen LogP contribution in [0.5, 0.6) is 5.75 Å². The number of benzene rings is 2. The number of ether oxygens (including phenoxy) is 1. The fourth-order valence-corrected chi connectivity index (χ4v) is 3.86. The number of anilines is 2. The number of rotatable bonds is 7. The number of fused-ring (bicyclic) bond motifs is 1. The van der Waals surface area contributed by atoms with E-state index in [1.807, 2.05) is 31.2 Å². The zero-order valence-corrected chi connectivity index (χ0v) is 18.4. The minimum absolute atomic E-state index is 0.124. The third-order valence-electron chi connectivity index (χ3n) is 5.62. The highest BCUT2D eigenvalue weighted by molar-refractivity contribution is 6.04. The van der Waals surface area contributed by atoms with E-state index in [-0.39, 0.29) is 18.0 Å². The Hall–Kier alpha value is -4.21. The summed E-state index contributed by atoms with van der Waals surface area (Å²) < 4.78 is 6.78. The van der Waals surface area contributed by atoms with Gasteiger partial charge in [0.05, 0.1) is 29.8 Å². The number of amides is 2. The number of aryl methyl sites for hydroxylation is 2. The standard InChI is InChI=1S/C23H23N5O5/c1-4-17-21(14-6-9-16(33-3)10-7-14)22-25-23(30)19(27(22)26-17)12-20(29)24-18-11-15(28(31)32)8-5-13(18)2/h5-11,19H,4,12H2,1-3H3,(H,24,29)(H,25,30). The summed E-state index contributed by atoms with van der Waals surface area (Å²) in [6.07, 6.45) is 0.483. The molecule has 0 spiro atoms. The van der Waals surface area contributed by atoms with Crippen molar-refractivity contribution in [2.45, 2.75) is 32.7 Å². The van der Waals surface area contributed by atoms with Gasteiger partial charge in [-0.3, -0.25) is 19.7 Å². The number of methoxy groups -OCH3 is 1. The number of carbonyl (C=O) groups excluding carboxylic acids is 2. The van der Waals surface area contributed by atoms with Crippen LogP contribution in [-0.4, -0.2) is 33.6 Å². The topological polar surface area (TPSA) is 128 Å². The van der Waals surface area contributed by atoms with Crippen LogP contribution in [0.15, 0.2) is 42.5 Å². The van der Waals surface area contributed by atoms with Gasteiger partial charge in [-0.1, -0.05) is 25.1 Å². The number of hydrogen-bond acceptors (Lipinski definition) is 6. The Morgan fingerprint density at radius 3 is 2.64 bits per heavy atom. The van der Waals surface area contributed by atoms with E-state index in [1.54, 1.807) is 24.8 Å². The van der Waals surface area contributed by atoms with Gasteiger partial charge in [0.15, 0.2) is 0 Å². The molecule has 0 saturated heterocycles. The van der Waals surface area contributed by atoms with E-state index < -0.39 is 16.9 Å². The van der Waals surface area contributed by atoms with Gasteiger partial charge in [-0.2, -0.15) is 5.10 Å². The summed E-state index contributed by atoms with van der Waals surface area (Å²) in [6, 6.07) is 10.9. The second-order valence-electron chi connectivity index (χ2n) is 7.71. The van der Waals surface area contributed by atoms with Gasteiger partial charge in [-0.25, -0.2) is 4.68 Å². The molecule has 1 atom stereocenters. The Morgan fingerprint density at radius 2 is 2.00 bits per heavy atom. The first-order valence-electron chi connectivity index (χ1n) is 10.4. The van der Waals surface area contributed by atoms with Crippen molar-refractivity contribution in [3.05, 3.63) is 63.8 Å². The Bertz CT molecular complexity index is 1250. The van der Waals surface area contributed by atoms with Gasteiger partial charge < -0.3 is 15.4 Å². The van der Waals surface area contributed by atoms with Crippen molar-refractivity contribution >= 4 is 29.0 Å². The van der Waals surface area contributed by atoms with Crippen LogP contribution in [0.4, 0.5) is 17.2 Å². The monoisotopic (exact) mass is 449 g/mol. The Kier molecular flexibility index (Phi) is 5.82. The average Bonchev–Trinajstić information content (AvgIpc) is 3.30. The van der Waals surface area contributed by atoms with Gasteiger partial charge in [-0.05, 0) is 36.6 Å². The fraction of sp³-hybridized carbons (Fsp3) is 0.261. The molecule has 1 aromatic heterocycles. The molecular formula is C23H23N5O5. The zero-order chi connectivity index (χ0) is 23.7. The number of nitro benzene ring substituents is 1. The quantitative estimate of drug-likeness (QED) is 0.416. The summed E-state index contributed by atoms with van der Waals surface area (Å²) in [5.74, 6) is 0.494. The van der Waals surface area contributed by atoms with E-state index in [1.165, 1.54) is 12.1 Å². The molecule has 170 valence electrons. The largest absolute Gasteiger partial charge is 0.497 e. The number of nitrogens with one attached hydrogen (secondary N) is 2. The summed E-state index contributed by atoms with van der Waals surface area (Å²) >= 11 is 0. The van der Waals surface area contributed by atoms with E-state index in [2.05, 4.69) is 15.7 Å². The van der Waals surface area contributed by atoms with Crippen molar-refractivity contribution in [2.24, 2.45) is 0 Å². The maximum absolute atomic E-state index is 12.7. The number of nitrogens with zero attached hydrogens (tertiary/aromatic N) is 3. The van der Waals surface area contributed by atoms with E-state index in [0.717, 1.165) is 22.6 Å². The van der Waals surface area contributed by atoms with Crippen LogP contribution < -0.4 is 15.4 Å². The second-order valence-corrected chi connectivity index (χ2v) is 7.71. The van der Waals surface area contributed by atoms with E-state index in [4.69, 9.17) is 4.74 Å². The van der Waals surface area contributed by atoms with Crippen LogP contribution in [-0.2, 0) is 16.0 Å². The fourth-order valence-electron chi connectivity index (χ4n) is 3.86. The Morgan fingerprint density at radius 1 is 1.27 bits per heavy atom. The van der Waals surface area contributed by atoms with Crippen LogP contribution in [0, 0.1) is 17.0 Å². The van der Waals surface area contributed by atoms with Crippen molar-refractivity contribution in [1.82, 2.24) is 9.78 Å². The molecule has 0 saturated carbocycles. The molecule has 0 radical (unpaired) electrons. The highest BCUT2D eigenvalue weighted by Gasteiger charge is 2.36. The minimum atomic E-state index is -0.823. The first-order chi connectivity index (χ1) is 15.8. The second kappa shape index (κ2) is 8.73. The molecule has 4 rings (SSSR count). The van der Waals surface area contributed by atoms with Gasteiger partial charge in [0.25, 0.3) is 11.6 Å². The lowest BCUT2D eigenvalue weighted by molar-refractivity contribution is -0.384. The summed E-state index contributed by atoms with van der Waals surface area (Å²) in [5, 5.41) is 21.2. The molecule has 2 N–H and O–H groups in total. The normalized spacial score (nSPS) is 14.5. The van der Waals surface area contributed by atoms with Gasteiger partial charge >= 0.3 is 0 Å². The third-order valence-corrected chi connectivity index (χ3v) is 5.62. The molecule has 2 amide bonds. The molecule has 0 bridgehead atoms. The van der Waals surface area contributed by atoms with Crippen LogP contribution in [0.25, 0.3) is 11.1 Å². The molecule has 33 heavy (non-hydrogen) atoms. The molecular weight excluding hydrogens is 426 g/mol. The van der Waals surface area contributed by atoms with E-state index in [0.29, 0.717) is 23.5 Å². The van der Waals surface area contributed by atoms with Crippen molar-refractivity contribution in [3.63, 3.8) is 0 Å². The first-order valence-corrected chi connectivity index (χ1v) is 10.4. The van der Waals surface area contributed by atoms with E-state index in [9.17, 15) is 19.7 Å². The number of carbonyl (C=O) groups is 2. The van der Waals surface area contributed by atoms with Crippen molar-refractivity contribution in [2.75, 3.05) is 17.7 Å². The summed E-state index contributed by atoms with van der Waals surface area (Å²) in [5.41, 5.74) is 3.38. The molecule has 1 unspecified atom stereocenters. The predicted octanol–water partition coefficient (Wildman–Crippen LogP) is 3.86. The average molecular weight is 449 g/mol. The van der Waals surface area contributed by atoms with Crippen LogP contribution in [0.1, 0.15) is 30.6 Å². The minimum Gasteiger partial charge on any atom is -0.497 e. The van der Waals surface area contributed by atoms with Crippen LogP contribution in [0.3, 0.4) is 0 Å². The lowest BCUT2D eigenvalue weighted by Crippen LogP contribution is -2.24. The Labute approximate surface area is 189 Å². The maximum Gasteiger partial charge on any atom is 0.271 e. The predicted molar refractivity (Wildman–Crippen MR) is 122 cm³/mol. The van der Waals surface area contributed by atoms with E-state index >= 15 is 0 Å². The smallest absolute Gasteiger partial charge is 0.271 e. The zero-order valence-electron chi connectivity index (χ0n) is 18.4. The molecule has 10 heteroatoms. The molecule has 0 aliphatic carbocycles. The maximum atomic E-state index is 12.7. The summed E-state index contributed by atoms with van der Waals surface area (Å²) in [4.78, 5) is 36.0. The van der Waals surface area contributed by atoms with Crippen LogP contribution >= 0.6 is 0 Å². The molecule has 2 aromatic carbocycles. The number of nitro groups is 1. The van der Waals surface area contributed by atoms with Gasteiger partial charge in [-0.15, -0.1) is 0 Å². The Balaban J connectivity index is 1.60. The first kappa shape index (κ1) is 22.0. The molecule has 1 aliphatic rings. The lowest BCUT2D eigenvalue weighted by Gasteiger charge is -2.11.